The predicted molar refractivity (Wildman–Crippen MR) is 140 cm³/mol. The Hall–Kier alpha value is -2.66. The molecule has 2 aromatic carbocycles. The van der Waals surface area contributed by atoms with E-state index in [1.807, 2.05) is 46.1 Å². The minimum absolute atomic E-state index is 0. The summed E-state index contributed by atoms with van der Waals surface area (Å²) in [6, 6.07) is 15.6. The second kappa shape index (κ2) is 12.5. The lowest BCUT2D eigenvalue weighted by molar-refractivity contribution is 0.122. The highest BCUT2D eigenvalue weighted by molar-refractivity contribution is 14.0. The first kappa shape index (κ1) is 25.0. The molecule has 2 heterocycles. The Kier molecular flexibility index (Phi) is 9.49. The van der Waals surface area contributed by atoms with Crippen molar-refractivity contribution in [2.24, 2.45) is 4.99 Å². The number of anilines is 1. The maximum Gasteiger partial charge on any atom is 0.191 e. The summed E-state index contributed by atoms with van der Waals surface area (Å²) in [6.45, 7) is 4.52. The number of nitrogens with one attached hydrogen (secondary N) is 2. The highest BCUT2D eigenvalue weighted by atomic mass is 127. The summed E-state index contributed by atoms with van der Waals surface area (Å²) < 4.78 is 21.9. The van der Waals surface area contributed by atoms with Crippen molar-refractivity contribution in [2.45, 2.75) is 19.6 Å². The van der Waals surface area contributed by atoms with Crippen LogP contribution in [0.1, 0.15) is 16.7 Å². The number of morpholine rings is 1. The van der Waals surface area contributed by atoms with Gasteiger partial charge >= 0.3 is 0 Å². The number of ether oxygens (including phenoxy) is 1. The third-order valence-corrected chi connectivity index (χ3v) is 5.50. The number of nitrogens with zero attached hydrogens (tertiary/aromatic N) is 4. The number of halogens is 2. The molecule has 33 heavy (non-hydrogen) atoms. The molecule has 0 spiro atoms. The number of rotatable bonds is 7. The zero-order valence-electron chi connectivity index (χ0n) is 18.7. The molecular formula is C24H30FIN6O. The third kappa shape index (κ3) is 6.91. The normalized spacial score (nSPS) is 14.0. The van der Waals surface area contributed by atoms with E-state index in [0.29, 0.717) is 57.6 Å². The first-order chi connectivity index (χ1) is 15.7. The Bertz CT molecular complexity index is 1040. The van der Waals surface area contributed by atoms with Crippen LogP contribution in [0.5, 0.6) is 0 Å². The van der Waals surface area contributed by atoms with Crippen molar-refractivity contribution >= 4 is 35.6 Å². The average Bonchev–Trinajstić information content (AvgIpc) is 3.34. The van der Waals surface area contributed by atoms with Gasteiger partial charge in [0.25, 0.3) is 0 Å². The summed E-state index contributed by atoms with van der Waals surface area (Å²) in [4.78, 5) is 6.32. The number of aromatic nitrogens is 2. The van der Waals surface area contributed by atoms with E-state index < -0.39 is 0 Å². The van der Waals surface area contributed by atoms with E-state index >= 15 is 0 Å². The summed E-state index contributed by atoms with van der Waals surface area (Å²) in [7, 11) is 1.73. The maximum atomic E-state index is 14.6. The van der Waals surface area contributed by atoms with Crippen LogP contribution in [0.15, 0.2) is 65.9 Å². The van der Waals surface area contributed by atoms with Crippen LogP contribution in [-0.2, 0) is 24.4 Å². The lowest BCUT2D eigenvalue weighted by Crippen LogP contribution is -2.37. The minimum atomic E-state index is -0.207. The standard InChI is InChI=1S/C24H29FN6O.HI/c1-26-24(28-17-20-5-2-3-6-21(20)18-31-10-4-9-29-31)27-16-19-7-8-23(22(25)15-19)30-11-13-32-14-12-30;/h2-10,15H,11-14,16-18H2,1H3,(H2,26,27,28);1H. The summed E-state index contributed by atoms with van der Waals surface area (Å²) >= 11 is 0. The van der Waals surface area contributed by atoms with Crippen LogP contribution in [0, 0.1) is 5.82 Å². The van der Waals surface area contributed by atoms with Gasteiger partial charge in [-0.05, 0) is 34.9 Å². The molecular weight excluding hydrogens is 534 g/mol. The van der Waals surface area contributed by atoms with Gasteiger partial charge in [-0.25, -0.2) is 4.39 Å². The average molecular weight is 564 g/mol. The molecule has 0 bridgehead atoms. The number of hydrogen-bond acceptors (Lipinski definition) is 4. The van der Waals surface area contributed by atoms with Crippen LogP contribution < -0.4 is 15.5 Å². The Morgan fingerprint density at radius 3 is 2.52 bits per heavy atom. The van der Waals surface area contributed by atoms with Gasteiger partial charge in [-0.2, -0.15) is 5.10 Å². The van der Waals surface area contributed by atoms with Gasteiger partial charge in [-0.3, -0.25) is 9.67 Å². The molecule has 1 saturated heterocycles. The molecule has 3 aromatic rings. The Labute approximate surface area is 211 Å². The molecule has 1 aliphatic rings. The van der Waals surface area contributed by atoms with Crippen molar-refractivity contribution in [2.75, 3.05) is 38.3 Å². The number of benzene rings is 2. The van der Waals surface area contributed by atoms with E-state index in [0.717, 1.165) is 5.56 Å². The van der Waals surface area contributed by atoms with Crippen LogP contribution in [0.3, 0.4) is 0 Å². The van der Waals surface area contributed by atoms with Crippen molar-refractivity contribution in [3.8, 4) is 0 Å². The molecule has 1 fully saturated rings. The fourth-order valence-corrected chi connectivity index (χ4v) is 3.76. The highest BCUT2D eigenvalue weighted by Gasteiger charge is 2.15. The van der Waals surface area contributed by atoms with Gasteiger partial charge in [-0.15, -0.1) is 24.0 Å². The summed E-state index contributed by atoms with van der Waals surface area (Å²) in [6.07, 6.45) is 3.73. The van der Waals surface area contributed by atoms with Crippen molar-refractivity contribution in [1.82, 2.24) is 20.4 Å². The molecule has 7 nitrogen and oxygen atoms in total. The number of guanidine groups is 1. The molecule has 2 N–H and O–H groups in total. The topological polar surface area (TPSA) is 66.7 Å². The molecule has 0 aliphatic carbocycles. The van der Waals surface area contributed by atoms with Gasteiger partial charge in [0.15, 0.2) is 5.96 Å². The third-order valence-electron chi connectivity index (χ3n) is 5.50. The lowest BCUT2D eigenvalue weighted by atomic mass is 10.1. The van der Waals surface area contributed by atoms with E-state index in [1.165, 1.54) is 11.1 Å². The molecule has 1 aliphatic heterocycles. The second-order valence-corrected chi connectivity index (χ2v) is 7.64. The van der Waals surface area contributed by atoms with Crippen LogP contribution in [0.25, 0.3) is 0 Å². The van der Waals surface area contributed by atoms with Gasteiger partial charge in [0.1, 0.15) is 5.82 Å². The number of aliphatic imine (C=N–C) groups is 1. The Morgan fingerprint density at radius 2 is 1.82 bits per heavy atom. The molecule has 176 valence electrons. The van der Waals surface area contributed by atoms with E-state index in [9.17, 15) is 4.39 Å². The zero-order valence-corrected chi connectivity index (χ0v) is 21.0. The highest BCUT2D eigenvalue weighted by Crippen LogP contribution is 2.21. The minimum Gasteiger partial charge on any atom is -0.378 e. The second-order valence-electron chi connectivity index (χ2n) is 7.64. The Morgan fingerprint density at radius 1 is 1.06 bits per heavy atom. The molecule has 0 amide bonds. The van der Waals surface area contributed by atoms with Gasteiger partial charge in [0.05, 0.1) is 25.4 Å². The van der Waals surface area contributed by atoms with Crippen molar-refractivity contribution in [3.05, 3.63) is 83.4 Å². The molecule has 0 unspecified atom stereocenters. The lowest BCUT2D eigenvalue weighted by Gasteiger charge is -2.29. The van der Waals surface area contributed by atoms with E-state index in [2.05, 4.69) is 32.9 Å². The van der Waals surface area contributed by atoms with Gasteiger partial charge in [0, 0.05) is 45.6 Å². The fourth-order valence-electron chi connectivity index (χ4n) is 3.76. The molecule has 0 saturated carbocycles. The summed E-state index contributed by atoms with van der Waals surface area (Å²) in [5, 5.41) is 10.9. The van der Waals surface area contributed by atoms with Crippen LogP contribution in [0.2, 0.25) is 0 Å². The van der Waals surface area contributed by atoms with Crippen molar-refractivity contribution < 1.29 is 9.13 Å². The smallest absolute Gasteiger partial charge is 0.191 e. The van der Waals surface area contributed by atoms with Gasteiger partial charge < -0.3 is 20.3 Å². The van der Waals surface area contributed by atoms with Crippen LogP contribution in [0.4, 0.5) is 10.1 Å². The first-order valence-electron chi connectivity index (χ1n) is 10.8. The summed E-state index contributed by atoms with van der Waals surface area (Å²) in [5.41, 5.74) is 3.86. The maximum absolute atomic E-state index is 14.6. The summed E-state index contributed by atoms with van der Waals surface area (Å²) in [5.74, 6) is 0.457. The largest absolute Gasteiger partial charge is 0.378 e. The van der Waals surface area contributed by atoms with Crippen LogP contribution >= 0.6 is 24.0 Å². The molecule has 9 heteroatoms. The fraction of sp³-hybridized carbons (Fsp3) is 0.333. The van der Waals surface area contributed by atoms with Crippen molar-refractivity contribution in [3.63, 3.8) is 0 Å². The van der Waals surface area contributed by atoms with E-state index in [1.54, 1.807) is 19.3 Å². The van der Waals surface area contributed by atoms with E-state index in [-0.39, 0.29) is 29.8 Å². The van der Waals surface area contributed by atoms with E-state index in [4.69, 9.17) is 4.74 Å². The van der Waals surface area contributed by atoms with Gasteiger partial charge in [-0.1, -0.05) is 30.3 Å². The predicted octanol–water partition coefficient (Wildman–Crippen LogP) is 3.39. The Balaban J connectivity index is 0.00000306. The molecule has 4 rings (SSSR count). The van der Waals surface area contributed by atoms with Crippen LogP contribution in [-0.4, -0.2) is 49.1 Å². The molecule has 1 aromatic heterocycles. The van der Waals surface area contributed by atoms with Crippen molar-refractivity contribution in [1.29, 1.82) is 0 Å². The monoisotopic (exact) mass is 564 g/mol. The molecule has 0 radical (unpaired) electrons. The first-order valence-corrected chi connectivity index (χ1v) is 10.8. The quantitative estimate of drug-likeness (QED) is 0.262. The molecule has 0 atom stereocenters. The van der Waals surface area contributed by atoms with Gasteiger partial charge in [0.2, 0.25) is 0 Å². The zero-order chi connectivity index (χ0) is 22.2. The SMILES string of the molecule is CN=C(NCc1ccc(N2CCOCC2)c(F)c1)NCc1ccccc1Cn1cccn1.I. The number of hydrogen-bond donors (Lipinski definition) is 2.